The van der Waals surface area contributed by atoms with Crippen molar-refractivity contribution in [3.8, 4) is 0 Å². The maximum Gasteiger partial charge on any atom is 0.179 e. The number of aliphatic hydroxyl groups excluding tert-OH is 1. The van der Waals surface area contributed by atoms with Gasteiger partial charge in [0.25, 0.3) is 0 Å². The van der Waals surface area contributed by atoms with E-state index in [0.29, 0.717) is 11.3 Å². The molecule has 15 heavy (non-hydrogen) atoms. The molecule has 0 saturated carbocycles. The van der Waals surface area contributed by atoms with Gasteiger partial charge in [-0.15, -0.1) is 11.6 Å². The first-order valence-corrected chi connectivity index (χ1v) is 6.48. The number of benzene rings is 1. The zero-order chi connectivity index (χ0) is 11.5. The molecule has 1 aromatic carbocycles. The van der Waals surface area contributed by atoms with E-state index in [1.807, 2.05) is 0 Å². The van der Waals surface area contributed by atoms with E-state index in [-0.39, 0.29) is 23.1 Å². The quantitative estimate of drug-likeness (QED) is 0.610. The van der Waals surface area contributed by atoms with Gasteiger partial charge in [0.1, 0.15) is 0 Å². The molecule has 0 fully saturated rings. The van der Waals surface area contributed by atoms with Gasteiger partial charge in [-0.25, -0.2) is 8.42 Å². The molecular weight excluding hydrogens is 238 g/mol. The summed E-state index contributed by atoms with van der Waals surface area (Å²) in [6.07, 6.45) is 0. The van der Waals surface area contributed by atoms with E-state index in [1.165, 1.54) is 18.2 Å². The standard InChI is InChI=1S/C9H12ClNO3S/c10-3-4-15(13,14)9-2-1-8(11)5-7(9)6-12/h1-2,5,12H,3-4,6,11H2. The van der Waals surface area contributed by atoms with Crippen molar-refractivity contribution in [3.05, 3.63) is 23.8 Å². The fourth-order valence-electron chi connectivity index (χ4n) is 1.24. The van der Waals surface area contributed by atoms with Crippen molar-refractivity contribution < 1.29 is 13.5 Å². The molecule has 0 radical (unpaired) electrons. The smallest absolute Gasteiger partial charge is 0.179 e. The van der Waals surface area contributed by atoms with Gasteiger partial charge in [-0.3, -0.25) is 0 Å². The summed E-state index contributed by atoms with van der Waals surface area (Å²) in [6, 6.07) is 4.32. The third-order valence-corrected chi connectivity index (χ3v) is 4.16. The van der Waals surface area contributed by atoms with Crippen LogP contribution in [0.15, 0.2) is 23.1 Å². The number of nitrogens with two attached hydrogens (primary N) is 1. The normalized spacial score (nSPS) is 11.6. The van der Waals surface area contributed by atoms with E-state index in [4.69, 9.17) is 22.4 Å². The zero-order valence-electron chi connectivity index (χ0n) is 7.98. The van der Waals surface area contributed by atoms with Crippen LogP contribution in [-0.4, -0.2) is 25.2 Å². The Morgan fingerprint density at radius 2 is 2.07 bits per heavy atom. The van der Waals surface area contributed by atoms with Crippen LogP contribution >= 0.6 is 11.6 Å². The van der Waals surface area contributed by atoms with Crippen molar-refractivity contribution >= 4 is 27.1 Å². The molecule has 0 unspecified atom stereocenters. The van der Waals surface area contributed by atoms with Crippen molar-refractivity contribution in [2.75, 3.05) is 17.4 Å². The average molecular weight is 250 g/mol. The van der Waals surface area contributed by atoms with Crippen LogP contribution in [0.25, 0.3) is 0 Å². The van der Waals surface area contributed by atoms with Gasteiger partial charge in [0.15, 0.2) is 9.84 Å². The zero-order valence-corrected chi connectivity index (χ0v) is 9.55. The highest BCUT2D eigenvalue weighted by atomic mass is 35.5. The van der Waals surface area contributed by atoms with E-state index in [2.05, 4.69) is 0 Å². The van der Waals surface area contributed by atoms with Crippen molar-refractivity contribution in [1.82, 2.24) is 0 Å². The average Bonchev–Trinajstić information content (AvgIpc) is 2.17. The summed E-state index contributed by atoms with van der Waals surface area (Å²) in [5.41, 5.74) is 6.21. The van der Waals surface area contributed by atoms with Crippen LogP contribution in [0.5, 0.6) is 0 Å². The molecule has 4 nitrogen and oxygen atoms in total. The molecule has 1 rings (SSSR count). The van der Waals surface area contributed by atoms with Gasteiger partial charge in [-0.05, 0) is 23.8 Å². The maximum absolute atomic E-state index is 11.7. The van der Waals surface area contributed by atoms with Crippen LogP contribution in [0, 0.1) is 0 Å². The molecule has 0 aliphatic carbocycles. The fraction of sp³-hybridized carbons (Fsp3) is 0.333. The summed E-state index contributed by atoms with van der Waals surface area (Å²) >= 11 is 5.40. The molecule has 0 atom stereocenters. The highest BCUT2D eigenvalue weighted by molar-refractivity contribution is 7.91. The van der Waals surface area contributed by atoms with Gasteiger partial charge in [0.05, 0.1) is 17.3 Å². The molecule has 0 heterocycles. The van der Waals surface area contributed by atoms with E-state index < -0.39 is 9.84 Å². The van der Waals surface area contributed by atoms with Crippen LogP contribution in [0.3, 0.4) is 0 Å². The molecule has 0 aliphatic heterocycles. The third-order valence-electron chi connectivity index (χ3n) is 1.94. The lowest BCUT2D eigenvalue weighted by Gasteiger charge is -2.08. The number of aliphatic hydroxyl groups is 1. The van der Waals surface area contributed by atoms with Crippen LogP contribution < -0.4 is 5.73 Å². The molecule has 0 saturated heterocycles. The summed E-state index contributed by atoms with van der Waals surface area (Å²) in [4.78, 5) is 0.0971. The van der Waals surface area contributed by atoms with Gasteiger partial charge in [0.2, 0.25) is 0 Å². The first-order valence-electron chi connectivity index (χ1n) is 4.29. The number of hydrogen-bond donors (Lipinski definition) is 2. The largest absolute Gasteiger partial charge is 0.399 e. The molecule has 6 heteroatoms. The number of nitrogen functional groups attached to an aromatic ring is 1. The minimum absolute atomic E-state index is 0.0254. The van der Waals surface area contributed by atoms with Crippen molar-refractivity contribution in [3.63, 3.8) is 0 Å². The third kappa shape index (κ3) is 2.84. The van der Waals surface area contributed by atoms with E-state index in [1.54, 1.807) is 0 Å². The molecule has 0 aliphatic rings. The monoisotopic (exact) mass is 249 g/mol. The van der Waals surface area contributed by atoms with Gasteiger partial charge in [-0.1, -0.05) is 0 Å². The van der Waals surface area contributed by atoms with Crippen molar-refractivity contribution in [2.45, 2.75) is 11.5 Å². The van der Waals surface area contributed by atoms with Gasteiger partial charge in [0, 0.05) is 11.6 Å². The molecule has 0 bridgehead atoms. The lowest BCUT2D eigenvalue weighted by atomic mass is 10.2. The first-order chi connectivity index (χ1) is 7.01. The second-order valence-electron chi connectivity index (χ2n) is 3.03. The minimum Gasteiger partial charge on any atom is -0.399 e. The summed E-state index contributed by atoms with van der Waals surface area (Å²) in [7, 11) is -3.42. The first kappa shape index (κ1) is 12.3. The Morgan fingerprint density at radius 3 is 2.60 bits per heavy atom. The molecular formula is C9H12ClNO3S. The molecule has 0 spiro atoms. The molecule has 1 aromatic rings. The van der Waals surface area contributed by atoms with Crippen LogP contribution in [0.4, 0.5) is 5.69 Å². The number of sulfone groups is 1. The highest BCUT2D eigenvalue weighted by Crippen LogP contribution is 2.20. The Labute approximate surface area is 93.6 Å². The Morgan fingerprint density at radius 1 is 1.40 bits per heavy atom. The van der Waals surface area contributed by atoms with E-state index in [9.17, 15) is 8.42 Å². The lowest BCUT2D eigenvalue weighted by molar-refractivity contribution is 0.278. The minimum atomic E-state index is -3.42. The number of anilines is 1. The SMILES string of the molecule is Nc1ccc(S(=O)(=O)CCCl)c(CO)c1. The summed E-state index contributed by atoms with van der Waals surface area (Å²) < 4.78 is 23.4. The second-order valence-corrected chi connectivity index (χ2v) is 5.49. The topological polar surface area (TPSA) is 80.4 Å². The molecule has 84 valence electrons. The summed E-state index contributed by atoms with van der Waals surface area (Å²) in [5, 5.41) is 9.02. The van der Waals surface area contributed by atoms with E-state index >= 15 is 0 Å². The fourth-order valence-corrected chi connectivity index (χ4v) is 3.07. The molecule has 0 amide bonds. The number of halogens is 1. The molecule has 3 N–H and O–H groups in total. The number of rotatable bonds is 4. The predicted octanol–water partition coefficient (Wildman–Crippen LogP) is 0.774. The van der Waals surface area contributed by atoms with Crippen molar-refractivity contribution in [1.29, 1.82) is 0 Å². The van der Waals surface area contributed by atoms with Crippen LogP contribution in [0.2, 0.25) is 0 Å². The predicted molar refractivity (Wildman–Crippen MR) is 59.6 cm³/mol. The molecule has 0 aromatic heterocycles. The lowest BCUT2D eigenvalue weighted by Crippen LogP contribution is -2.11. The van der Waals surface area contributed by atoms with Gasteiger partial charge < -0.3 is 10.8 Å². The van der Waals surface area contributed by atoms with E-state index in [0.717, 1.165) is 0 Å². The highest BCUT2D eigenvalue weighted by Gasteiger charge is 2.17. The van der Waals surface area contributed by atoms with Gasteiger partial charge in [-0.2, -0.15) is 0 Å². The summed E-state index contributed by atoms with van der Waals surface area (Å²) in [5.74, 6) is -0.122. The Hall–Kier alpha value is -0.780. The van der Waals surface area contributed by atoms with Crippen LogP contribution in [-0.2, 0) is 16.4 Å². The number of hydrogen-bond acceptors (Lipinski definition) is 4. The number of alkyl halides is 1. The summed E-state index contributed by atoms with van der Waals surface area (Å²) in [6.45, 7) is -0.359. The van der Waals surface area contributed by atoms with Crippen LogP contribution in [0.1, 0.15) is 5.56 Å². The Balaban J connectivity index is 3.25. The van der Waals surface area contributed by atoms with Gasteiger partial charge >= 0.3 is 0 Å². The Bertz CT molecular complexity index is 445. The maximum atomic E-state index is 11.7. The Kier molecular flexibility index (Phi) is 3.96. The van der Waals surface area contributed by atoms with Crippen molar-refractivity contribution in [2.24, 2.45) is 0 Å². The second kappa shape index (κ2) is 4.83.